The van der Waals surface area contributed by atoms with E-state index in [-0.39, 0.29) is 17.3 Å². The molecule has 14 heavy (non-hydrogen) atoms. The van der Waals surface area contributed by atoms with Crippen LogP contribution in [0.2, 0.25) is 0 Å². The zero-order valence-corrected chi connectivity index (χ0v) is 9.55. The molecule has 0 radical (unpaired) electrons. The van der Waals surface area contributed by atoms with Crippen LogP contribution in [-0.2, 0) is 4.74 Å². The summed E-state index contributed by atoms with van der Waals surface area (Å²) >= 11 is 0. The molecule has 2 rings (SSSR count). The van der Waals surface area contributed by atoms with Gasteiger partial charge >= 0.3 is 0 Å². The van der Waals surface area contributed by atoms with Gasteiger partial charge in [0.15, 0.2) is 0 Å². The van der Waals surface area contributed by atoms with Gasteiger partial charge in [0.25, 0.3) is 0 Å². The smallest absolute Gasteiger partial charge is 0.0714 e. The van der Waals surface area contributed by atoms with Gasteiger partial charge in [-0.25, -0.2) is 0 Å². The Morgan fingerprint density at radius 2 is 2.00 bits per heavy atom. The SMILES string of the molecule is CC(O)C1CCC2(C)CCCC1(C)O2. The van der Waals surface area contributed by atoms with Crippen molar-refractivity contribution in [1.29, 1.82) is 0 Å². The van der Waals surface area contributed by atoms with Gasteiger partial charge in [0, 0.05) is 5.92 Å². The molecule has 2 heteroatoms. The summed E-state index contributed by atoms with van der Waals surface area (Å²) in [6.07, 6.45) is 5.54. The van der Waals surface area contributed by atoms with Crippen molar-refractivity contribution < 1.29 is 9.84 Å². The fraction of sp³-hybridized carbons (Fsp3) is 1.00. The van der Waals surface area contributed by atoms with E-state index in [4.69, 9.17) is 4.74 Å². The fourth-order valence-electron chi connectivity index (χ4n) is 3.43. The van der Waals surface area contributed by atoms with Crippen molar-refractivity contribution in [3.8, 4) is 0 Å². The Bertz CT molecular complexity index is 226. The molecule has 82 valence electrons. The number of hydrogen-bond acceptors (Lipinski definition) is 2. The van der Waals surface area contributed by atoms with Gasteiger partial charge < -0.3 is 9.84 Å². The molecular formula is C12H22O2. The zero-order chi connectivity index (χ0) is 10.4. The lowest BCUT2D eigenvalue weighted by Gasteiger charge is -2.54. The van der Waals surface area contributed by atoms with Gasteiger partial charge in [-0.15, -0.1) is 0 Å². The van der Waals surface area contributed by atoms with Crippen LogP contribution in [0.25, 0.3) is 0 Å². The number of fused-ring (bicyclic) bond motifs is 2. The van der Waals surface area contributed by atoms with Crippen molar-refractivity contribution in [1.82, 2.24) is 0 Å². The molecule has 2 saturated heterocycles. The van der Waals surface area contributed by atoms with Crippen LogP contribution in [-0.4, -0.2) is 22.4 Å². The summed E-state index contributed by atoms with van der Waals surface area (Å²) in [5, 5.41) is 9.76. The first-order valence-corrected chi connectivity index (χ1v) is 5.83. The lowest BCUT2D eigenvalue weighted by atomic mass is 9.69. The molecule has 0 amide bonds. The van der Waals surface area contributed by atoms with E-state index < -0.39 is 0 Å². The predicted molar refractivity (Wildman–Crippen MR) is 56.2 cm³/mol. The number of aliphatic hydroxyl groups excluding tert-OH is 1. The maximum atomic E-state index is 9.76. The van der Waals surface area contributed by atoms with Crippen LogP contribution in [0.1, 0.15) is 52.9 Å². The second-order valence-corrected chi connectivity index (χ2v) is 5.60. The maximum absolute atomic E-state index is 9.76. The normalized spacial score (nSPS) is 50.1. The Balaban J connectivity index is 2.19. The van der Waals surface area contributed by atoms with Crippen LogP contribution < -0.4 is 0 Å². The van der Waals surface area contributed by atoms with Gasteiger partial charge in [-0.2, -0.15) is 0 Å². The van der Waals surface area contributed by atoms with Crippen molar-refractivity contribution >= 4 is 0 Å². The Morgan fingerprint density at radius 1 is 1.29 bits per heavy atom. The van der Waals surface area contributed by atoms with Gasteiger partial charge in [0.05, 0.1) is 17.3 Å². The molecule has 2 heterocycles. The molecule has 1 N–H and O–H groups in total. The van der Waals surface area contributed by atoms with Crippen molar-refractivity contribution in [2.75, 3.05) is 0 Å². The van der Waals surface area contributed by atoms with Crippen molar-refractivity contribution in [2.45, 2.75) is 70.2 Å². The minimum Gasteiger partial charge on any atom is -0.393 e. The standard InChI is InChI=1S/C12H22O2/c1-9(13)10-5-8-11(2)6-4-7-12(10,3)14-11/h9-10,13H,4-8H2,1-3H3. The van der Waals surface area contributed by atoms with Crippen LogP contribution >= 0.6 is 0 Å². The third-order valence-electron chi connectivity index (χ3n) is 4.21. The number of ether oxygens (including phenoxy) is 1. The van der Waals surface area contributed by atoms with Gasteiger partial charge in [0.2, 0.25) is 0 Å². The second-order valence-electron chi connectivity index (χ2n) is 5.60. The Hall–Kier alpha value is -0.0800. The third kappa shape index (κ3) is 1.59. The van der Waals surface area contributed by atoms with E-state index in [1.165, 1.54) is 12.8 Å². The number of hydrogen-bond donors (Lipinski definition) is 1. The molecule has 0 saturated carbocycles. The molecule has 4 atom stereocenters. The highest BCUT2D eigenvalue weighted by atomic mass is 16.5. The summed E-state index contributed by atoms with van der Waals surface area (Å²) in [7, 11) is 0. The van der Waals surface area contributed by atoms with E-state index in [0.29, 0.717) is 5.92 Å². The molecule has 0 spiro atoms. The number of rotatable bonds is 1. The molecule has 2 bridgehead atoms. The van der Waals surface area contributed by atoms with Crippen LogP contribution in [0.15, 0.2) is 0 Å². The molecule has 2 fully saturated rings. The van der Waals surface area contributed by atoms with Crippen molar-refractivity contribution in [3.05, 3.63) is 0 Å². The van der Waals surface area contributed by atoms with Crippen LogP contribution in [0.5, 0.6) is 0 Å². The van der Waals surface area contributed by atoms with Crippen LogP contribution in [0, 0.1) is 5.92 Å². The summed E-state index contributed by atoms with van der Waals surface area (Å²) in [6, 6.07) is 0. The van der Waals surface area contributed by atoms with E-state index in [2.05, 4.69) is 13.8 Å². The van der Waals surface area contributed by atoms with Crippen molar-refractivity contribution in [2.24, 2.45) is 5.92 Å². The molecule has 0 aromatic carbocycles. The molecule has 2 nitrogen and oxygen atoms in total. The summed E-state index contributed by atoms with van der Waals surface area (Å²) in [5.41, 5.74) is 0.0256. The van der Waals surface area contributed by atoms with E-state index >= 15 is 0 Å². The quantitative estimate of drug-likeness (QED) is 0.701. The average molecular weight is 198 g/mol. The van der Waals surface area contributed by atoms with Crippen molar-refractivity contribution in [3.63, 3.8) is 0 Å². The highest BCUT2D eigenvalue weighted by molar-refractivity contribution is 4.99. The van der Waals surface area contributed by atoms with E-state index in [1.807, 2.05) is 6.92 Å². The minimum absolute atomic E-state index is 0.0700. The first-order chi connectivity index (χ1) is 6.45. The van der Waals surface area contributed by atoms with Gasteiger partial charge in [-0.1, -0.05) is 0 Å². The Kier molecular flexibility index (Phi) is 2.39. The van der Waals surface area contributed by atoms with Crippen LogP contribution in [0.4, 0.5) is 0 Å². The highest BCUT2D eigenvalue weighted by Crippen LogP contribution is 2.49. The van der Waals surface area contributed by atoms with E-state index in [0.717, 1.165) is 19.3 Å². The zero-order valence-electron chi connectivity index (χ0n) is 9.55. The van der Waals surface area contributed by atoms with E-state index in [9.17, 15) is 5.11 Å². The first-order valence-electron chi connectivity index (χ1n) is 5.83. The lowest BCUT2D eigenvalue weighted by Crippen LogP contribution is -2.56. The lowest BCUT2D eigenvalue weighted by molar-refractivity contribution is -0.243. The molecule has 0 aromatic heterocycles. The summed E-state index contributed by atoms with van der Waals surface area (Å²) in [5.74, 6) is 0.330. The van der Waals surface area contributed by atoms with Crippen LogP contribution in [0.3, 0.4) is 0 Å². The molecular weight excluding hydrogens is 176 g/mol. The molecule has 2 aliphatic rings. The second kappa shape index (κ2) is 3.21. The maximum Gasteiger partial charge on any atom is 0.0714 e. The minimum atomic E-state index is -0.234. The van der Waals surface area contributed by atoms with Gasteiger partial charge in [-0.3, -0.25) is 0 Å². The highest BCUT2D eigenvalue weighted by Gasteiger charge is 2.50. The number of aliphatic hydroxyl groups is 1. The summed E-state index contributed by atoms with van der Waals surface area (Å²) < 4.78 is 6.21. The fourth-order valence-corrected chi connectivity index (χ4v) is 3.43. The average Bonchev–Trinajstić information content (AvgIpc) is 2.00. The summed E-state index contributed by atoms with van der Waals surface area (Å²) in [4.78, 5) is 0. The molecule has 2 aliphatic heterocycles. The topological polar surface area (TPSA) is 29.5 Å². The monoisotopic (exact) mass is 198 g/mol. The molecule has 0 aromatic rings. The molecule has 0 aliphatic carbocycles. The largest absolute Gasteiger partial charge is 0.393 e. The Morgan fingerprint density at radius 3 is 2.64 bits per heavy atom. The third-order valence-corrected chi connectivity index (χ3v) is 4.21. The van der Waals surface area contributed by atoms with Gasteiger partial charge in [0.1, 0.15) is 0 Å². The predicted octanol–water partition coefficient (Wildman–Crippen LogP) is 2.50. The van der Waals surface area contributed by atoms with E-state index in [1.54, 1.807) is 0 Å². The van der Waals surface area contributed by atoms with Gasteiger partial charge in [-0.05, 0) is 52.9 Å². The first kappa shape index (κ1) is 10.4. The Labute approximate surface area is 86.6 Å². The summed E-state index contributed by atoms with van der Waals surface area (Å²) in [6.45, 7) is 6.31. The molecule has 4 unspecified atom stereocenters.